The highest BCUT2D eigenvalue weighted by molar-refractivity contribution is 9.09. The highest BCUT2D eigenvalue weighted by Gasteiger charge is 2.41. The first-order valence-electron chi connectivity index (χ1n) is 7.34. The van der Waals surface area contributed by atoms with Crippen molar-refractivity contribution >= 4 is 15.9 Å². The van der Waals surface area contributed by atoms with Gasteiger partial charge in [0.15, 0.2) is 0 Å². The molecular weight excluding hydrogens is 322 g/mol. The lowest BCUT2D eigenvalue weighted by molar-refractivity contribution is 0.205. The smallest absolute Gasteiger partial charge is 0.132 e. The molecule has 20 heavy (non-hydrogen) atoms. The Morgan fingerprint density at radius 1 is 1.20 bits per heavy atom. The average molecular weight is 345 g/mol. The van der Waals surface area contributed by atoms with Crippen molar-refractivity contribution in [1.82, 2.24) is 0 Å². The van der Waals surface area contributed by atoms with E-state index >= 15 is 0 Å². The van der Waals surface area contributed by atoms with Crippen LogP contribution in [-0.4, -0.2) is 4.83 Å². The molecule has 0 bridgehead atoms. The number of halogens is 3. The first kappa shape index (κ1) is 15.9. The average Bonchev–Trinajstić information content (AvgIpc) is 2.33. The molecular formula is C17H23BrF2. The summed E-state index contributed by atoms with van der Waals surface area (Å²) in [6.07, 6.45) is 3.21. The van der Waals surface area contributed by atoms with Crippen LogP contribution in [0, 0.1) is 30.4 Å². The van der Waals surface area contributed by atoms with E-state index in [0.717, 1.165) is 19.3 Å². The Hall–Kier alpha value is -0.440. The van der Waals surface area contributed by atoms with Crippen molar-refractivity contribution in [3.63, 3.8) is 0 Å². The predicted molar refractivity (Wildman–Crippen MR) is 83.3 cm³/mol. The van der Waals surface area contributed by atoms with Gasteiger partial charge in [-0.1, -0.05) is 49.2 Å². The summed E-state index contributed by atoms with van der Waals surface area (Å²) in [6, 6.07) is 2.91. The molecule has 1 saturated carbocycles. The van der Waals surface area contributed by atoms with Gasteiger partial charge in [0.05, 0.1) is 0 Å². The Balaban J connectivity index is 2.42. The zero-order valence-electron chi connectivity index (χ0n) is 12.6. The van der Waals surface area contributed by atoms with Gasteiger partial charge >= 0.3 is 0 Å². The molecule has 2 rings (SSSR count). The molecule has 112 valence electrons. The van der Waals surface area contributed by atoms with E-state index in [1.807, 2.05) is 13.8 Å². The molecule has 1 aliphatic rings. The molecule has 0 amide bonds. The number of hydrogen-bond acceptors (Lipinski definition) is 0. The lowest BCUT2D eigenvalue weighted by atomic mass is 9.65. The second-order valence-electron chi connectivity index (χ2n) is 6.82. The molecule has 0 aromatic heterocycles. The standard InChI is InChI=1S/C17H23BrF2/c1-10-5-7-12(13(18)9-10)17(3,4)15-14(19)8-6-11(2)16(15)20/h6,8,10,12-13H,5,7,9H2,1-4H3. The monoisotopic (exact) mass is 344 g/mol. The minimum absolute atomic E-state index is 0.251. The Bertz CT molecular complexity index is 496. The fourth-order valence-electron chi connectivity index (χ4n) is 3.56. The number of rotatable bonds is 2. The molecule has 0 aliphatic heterocycles. The third-order valence-electron chi connectivity index (χ3n) is 4.89. The van der Waals surface area contributed by atoms with Gasteiger partial charge < -0.3 is 0 Å². The molecule has 3 unspecified atom stereocenters. The summed E-state index contributed by atoms with van der Waals surface area (Å²) in [5.74, 6) is 0.132. The summed E-state index contributed by atoms with van der Waals surface area (Å²) < 4.78 is 28.7. The molecule has 1 aromatic rings. The Morgan fingerprint density at radius 2 is 1.85 bits per heavy atom. The molecule has 1 aromatic carbocycles. The van der Waals surface area contributed by atoms with Crippen molar-refractivity contribution in [2.45, 2.75) is 57.2 Å². The maximum absolute atomic E-state index is 14.5. The van der Waals surface area contributed by atoms with Crippen LogP contribution in [0.2, 0.25) is 0 Å². The third-order valence-corrected chi connectivity index (χ3v) is 5.90. The Morgan fingerprint density at radius 3 is 2.45 bits per heavy atom. The Kier molecular flexibility index (Phi) is 4.58. The first-order chi connectivity index (χ1) is 9.25. The highest BCUT2D eigenvalue weighted by Crippen LogP contribution is 2.46. The number of benzene rings is 1. The zero-order chi connectivity index (χ0) is 15.1. The first-order valence-corrected chi connectivity index (χ1v) is 8.25. The van der Waals surface area contributed by atoms with Crippen LogP contribution in [0.4, 0.5) is 8.78 Å². The van der Waals surface area contributed by atoms with E-state index in [1.54, 1.807) is 6.92 Å². The second-order valence-corrected chi connectivity index (χ2v) is 7.99. The highest BCUT2D eigenvalue weighted by atomic mass is 79.9. The Labute approximate surface area is 129 Å². The zero-order valence-corrected chi connectivity index (χ0v) is 14.2. The van der Waals surface area contributed by atoms with Gasteiger partial charge in [0.25, 0.3) is 0 Å². The van der Waals surface area contributed by atoms with Crippen LogP contribution in [-0.2, 0) is 5.41 Å². The molecule has 0 N–H and O–H groups in total. The summed E-state index contributed by atoms with van der Waals surface area (Å²) in [6.45, 7) is 7.89. The lowest BCUT2D eigenvalue weighted by Crippen LogP contribution is -2.40. The molecule has 0 saturated heterocycles. The van der Waals surface area contributed by atoms with Crippen molar-refractivity contribution < 1.29 is 8.78 Å². The van der Waals surface area contributed by atoms with Crippen molar-refractivity contribution in [2.75, 3.05) is 0 Å². The van der Waals surface area contributed by atoms with Crippen molar-refractivity contribution in [3.8, 4) is 0 Å². The van der Waals surface area contributed by atoms with Crippen LogP contribution in [0.3, 0.4) is 0 Å². The molecule has 0 heterocycles. The van der Waals surface area contributed by atoms with E-state index in [2.05, 4.69) is 22.9 Å². The maximum Gasteiger partial charge on any atom is 0.132 e. The quantitative estimate of drug-likeness (QED) is 0.599. The number of alkyl halides is 1. The van der Waals surface area contributed by atoms with E-state index in [0.29, 0.717) is 16.3 Å². The van der Waals surface area contributed by atoms with Crippen LogP contribution < -0.4 is 0 Å². The van der Waals surface area contributed by atoms with E-state index in [-0.39, 0.29) is 17.3 Å². The fraction of sp³-hybridized carbons (Fsp3) is 0.647. The molecule has 0 nitrogen and oxygen atoms in total. The summed E-state index contributed by atoms with van der Waals surface area (Å²) in [7, 11) is 0. The van der Waals surface area contributed by atoms with Crippen molar-refractivity contribution in [2.24, 2.45) is 11.8 Å². The van der Waals surface area contributed by atoms with Gasteiger partial charge in [-0.25, -0.2) is 8.78 Å². The molecule has 3 atom stereocenters. The van der Waals surface area contributed by atoms with E-state index < -0.39 is 11.2 Å². The van der Waals surface area contributed by atoms with Gasteiger partial charge in [-0.3, -0.25) is 0 Å². The van der Waals surface area contributed by atoms with E-state index in [4.69, 9.17) is 0 Å². The summed E-state index contributed by atoms with van der Waals surface area (Å²) in [5, 5.41) is 0. The second kappa shape index (κ2) is 5.75. The lowest BCUT2D eigenvalue weighted by Gasteiger charge is -2.42. The third kappa shape index (κ3) is 2.79. The van der Waals surface area contributed by atoms with Gasteiger partial charge in [0.1, 0.15) is 11.6 Å². The molecule has 0 radical (unpaired) electrons. The molecule has 3 heteroatoms. The van der Waals surface area contributed by atoms with Crippen LogP contribution >= 0.6 is 15.9 Å². The fourth-order valence-corrected chi connectivity index (χ4v) is 5.12. The van der Waals surface area contributed by atoms with Crippen molar-refractivity contribution in [1.29, 1.82) is 0 Å². The van der Waals surface area contributed by atoms with E-state index in [9.17, 15) is 8.78 Å². The van der Waals surface area contributed by atoms with Crippen LogP contribution in [0.1, 0.15) is 51.2 Å². The molecule has 1 aliphatic carbocycles. The van der Waals surface area contributed by atoms with Crippen LogP contribution in [0.15, 0.2) is 12.1 Å². The topological polar surface area (TPSA) is 0 Å². The largest absolute Gasteiger partial charge is 0.207 e. The van der Waals surface area contributed by atoms with Gasteiger partial charge in [0, 0.05) is 10.4 Å². The SMILES string of the molecule is Cc1ccc(F)c(C(C)(C)C2CCC(C)CC2Br)c1F. The summed E-state index contributed by atoms with van der Waals surface area (Å²) >= 11 is 3.75. The van der Waals surface area contributed by atoms with E-state index in [1.165, 1.54) is 12.1 Å². The molecule has 0 spiro atoms. The van der Waals surface area contributed by atoms with Gasteiger partial charge in [-0.15, -0.1) is 0 Å². The van der Waals surface area contributed by atoms with Gasteiger partial charge in [0.2, 0.25) is 0 Å². The number of hydrogen-bond donors (Lipinski definition) is 0. The minimum atomic E-state index is -0.505. The van der Waals surface area contributed by atoms with Crippen molar-refractivity contribution in [3.05, 3.63) is 34.9 Å². The van der Waals surface area contributed by atoms with Crippen LogP contribution in [0.25, 0.3) is 0 Å². The van der Waals surface area contributed by atoms with Gasteiger partial charge in [-0.05, 0) is 48.6 Å². The normalized spacial score (nSPS) is 27.6. The number of aryl methyl sites for hydroxylation is 1. The summed E-state index contributed by atoms with van der Waals surface area (Å²) in [4.78, 5) is 0.320. The maximum atomic E-state index is 14.5. The minimum Gasteiger partial charge on any atom is -0.207 e. The molecule has 1 fully saturated rings. The van der Waals surface area contributed by atoms with Crippen LogP contribution in [0.5, 0.6) is 0 Å². The predicted octanol–water partition coefficient (Wildman–Crippen LogP) is 5.75. The van der Waals surface area contributed by atoms with Gasteiger partial charge in [-0.2, -0.15) is 0 Å². The summed E-state index contributed by atoms with van der Waals surface area (Å²) in [5.41, 5.74) is 0.264.